The lowest BCUT2D eigenvalue weighted by atomic mass is 9.99. The van der Waals surface area contributed by atoms with Crippen LogP contribution >= 0.6 is 11.6 Å². The van der Waals surface area contributed by atoms with Crippen molar-refractivity contribution in [3.05, 3.63) is 59.1 Å². The third kappa shape index (κ3) is 7.53. The second-order valence-electron chi connectivity index (χ2n) is 7.70. The third-order valence-corrected chi connectivity index (χ3v) is 5.90. The lowest BCUT2D eigenvalue weighted by molar-refractivity contribution is -0.122. The Labute approximate surface area is 197 Å². The number of hydrogen-bond acceptors (Lipinski definition) is 9. The molecule has 5 N–H and O–H groups in total. The fourth-order valence-corrected chi connectivity index (χ4v) is 4.16. The zero-order valence-electron chi connectivity index (χ0n) is 18.1. The van der Waals surface area contributed by atoms with Crippen LogP contribution in [0, 0.1) is 0 Å². The number of halogens is 1. The molecular weight excluding hydrogens is 468 g/mol. The van der Waals surface area contributed by atoms with Gasteiger partial charge < -0.3 is 0 Å². The van der Waals surface area contributed by atoms with Gasteiger partial charge in [0.15, 0.2) is 15.6 Å². The van der Waals surface area contributed by atoms with Crippen molar-refractivity contribution in [3.63, 3.8) is 0 Å². The van der Waals surface area contributed by atoms with Crippen molar-refractivity contribution in [3.8, 4) is 11.1 Å². The van der Waals surface area contributed by atoms with E-state index in [2.05, 4.69) is 32.2 Å². The number of carbonyl (C=O) groups excluding carboxylic acids is 2. The molecule has 2 aromatic rings. The summed E-state index contributed by atoms with van der Waals surface area (Å²) in [5, 5.41) is 10.00. The molecule has 0 radical (unpaired) electrons. The van der Waals surface area contributed by atoms with E-state index in [0.717, 1.165) is 22.9 Å². The van der Waals surface area contributed by atoms with E-state index in [4.69, 9.17) is 11.6 Å². The van der Waals surface area contributed by atoms with Crippen molar-refractivity contribution in [1.29, 1.82) is 0 Å². The number of carbonyl (C=O) groups is 2. The number of nitrogens with zero attached hydrogens (tertiary/aromatic N) is 1. The molecule has 176 valence electrons. The summed E-state index contributed by atoms with van der Waals surface area (Å²) in [6.07, 6.45) is 1.25. The number of guanidine groups is 1. The second-order valence-corrected chi connectivity index (χ2v) is 10.3. The van der Waals surface area contributed by atoms with Crippen LogP contribution in [0.15, 0.2) is 53.6 Å². The molecule has 0 spiro atoms. The van der Waals surface area contributed by atoms with E-state index in [1.54, 1.807) is 6.07 Å². The number of amides is 1. The Morgan fingerprint density at radius 3 is 2.45 bits per heavy atom. The van der Waals surface area contributed by atoms with Crippen LogP contribution in [0.25, 0.3) is 11.1 Å². The fraction of sp³-hybridized carbons (Fsp3) is 0.286. The molecule has 3 rings (SSSR count). The molecule has 0 bridgehead atoms. The average molecular weight is 493 g/mol. The zero-order chi connectivity index (χ0) is 24.0. The largest absolute Gasteiger partial charge is 0.297 e. The number of benzene rings is 2. The molecule has 0 fully saturated rings. The molecular formula is C21H25ClN6O4S. The number of hydrazine groups is 2. The number of hydrazone groups is 1. The van der Waals surface area contributed by atoms with Crippen molar-refractivity contribution < 1.29 is 18.0 Å². The molecule has 1 aliphatic heterocycles. The number of sulfone groups is 1. The van der Waals surface area contributed by atoms with Gasteiger partial charge in [0, 0.05) is 11.3 Å². The van der Waals surface area contributed by atoms with Gasteiger partial charge >= 0.3 is 0 Å². The van der Waals surface area contributed by atoms with Crippen molar-refractivity contribution in [1.82, 2.24) is 27.1 Å². The van der Waals surface area contributed by atoms with Crippen LogP contribution in [0.5, 0.6) is 0 Å². The quantitative estimate of drug-likeness (QED) is 0.341. The first-order valence-electron chi connectivity index (χ1n) is 10.1. The Morgan fingerprint density at radius 1 is 1.12 bits per heavy atom. The van der Waals surface area contributed by atoms with Crippen molar-refractivity contribution in [2.75, 3.05) is 12.0 Å². The summed E-state index contributed by atoms with van der Waals surface area (Å²) in [5.41, 5.74) is 10.3. The number of Topliss-reactive ketones (excluding diaryl/α,β-unsaturated/α-hetero) is 1. The van der Waals surface area contributed by atoms with Crippen LogP contribution in [-0.4, -0.2) is 50.2 Å². The number of ketones is 1. The minimum Gasteiger partial charge on any atom is -0.297 e. The van der Waals surface area contributed by atoms with Gasteiger partial charge in [0.25, 0.3) is 0 Å². The molecule has 0 saturated heterocycles. The van der Waals surface area contributed by atoms with Gasteiger partial charge in [-0.15, -0.1) is 10.6 Å². The first kappa shape index (κ1) is 24.6. The van der Waals surface area contributed by atoms with Crippen LogP contribution in [0.2, 0.25) is 5.02 Å². The Morgan fingerprint density at radius 2 is 1.85 bits per heavy atom. The maximum Gasteiger partial charge on any atom is 0.244 e. The van der Waals surface area contributed by atoms with Gasteiger partial charge in [-0.05, 0) is 42.2 Å². The third-order valence-electron chi connectivity index (χ3n) is 4.85. The highest BCUT2D eigenvalue weighted by Crippen LogP contribution is 2.23. The van der Waals surface area contributed by atoms with E-state index in [9.17, 15) is 18.0 Å². The summed E-state index contributed by atoms with van der Waals surface area (Å²) < 4.78 is 23.0. The second kappa shape index (κ2) is 10.8. The Balaban J connectivity index is 1.75. The lowest BCUT2D eigenvalue weighted by Crippen LogP contribution is -2.54. The van der Waals surface area contributed by atoms with Crippen LogP contribution in [0.3, 0.4) is 0 Å². The smallest absolute Gasteiger partial charge is 0.244 e. The zero-order valence-corrected chi connectivity index (χ0v) is 19.6. The average Bonchev–Trinajstić information content (AvgIpc) is 3.25. The van der Waals surface area contributed by atoms with Crippen LogP contribution in [0.4, 0.5) is 0 Å². The maximum atomic E-state index is 12.9. The molecule has 0 saturated carbocycles. The molecule has 1 heterocycles. The predicted molar refractivity (Wildman–Crippen MR) is 127 cm³/mol. The molecule has 2 atom stereocenters. The topological polar surface area (TPSA) is 141 Å². The van der Waals surface area contributed by atoms with Crippen LogP contribution < -0.4 is 27.1 Å². The van der Waals surface area contributed by atoms with Crippen molar-refractivity contribution in [2.45, 2.75) is 25.4 Å². The molecule has 10 nitrogen and oxygen atoms in total. The molecule has 33 heavy (non-hydrogen) atoms. The molecule has 2 aromatic carbocycles. The van der Waals surface area contributed by atoms with E-state index in [0.29, 0.717) is 5.02 Å². The lowest BCUT2D eigenvalue weighted by Gasteiger charge is -2.22. The van der Waals surface area contributed by atoms with Gasteiger partial charge in [-0.3, -0.25) is 25.6 Å². The van der Waals surface area contributed by atoms with Gasteiger partial charge in [0.2, 0.25) is 11.9 Å². The molecule has 1 aliphatic rings. The first-order valence-corrected chi connectivity index (χ1v) is 12.5. The maximum absolute atomic E-state index is 12.9. The molecule has 0 unspecified atom stereocenters. The number of nitrogens with one attached hydrogen (secondary N) is 5. The van der Waals surface area contributed by atoms with Gasteiger partial charge in [0.05, 0.1) is 12.1 Å². The normalized spacial score (nSPS) is 15.1. The van der Waals surface area contributed by atoms with E-state index in [1.165, 1.54) is 6.92 Å². The van der Waals surface area contributed by atoms with E-state index in [1.807, 2.05) is 42.5 Å². The predicted octanol–water partition coefficient (Wildman–Crippen LogP) is 0.510. The van der Waals surface area contributed by atoms with Crippen molar-refractivity contribution >= 4 is 39.1 Å². The van der Waals surface area contributed by atoms with Gasteiger partial charge in [-0.1, -0.05) is 48.0 Å². The summed E-state index contributed by atoms with van der Waals surface area (Å²) in [7, 11) is -3.48. The van der Waals surface area contributed by atoms with Gasteiger partial charge in [0.1, 0.15) is 5.75 Å². The van der Waals surface area contributed by atoms with Gasteiger partial charge in [-0.25, -0.2) is 14.0 Å². The number of rotatable bonds is 9. The highest BCUT2D eigenvalue weighted by atomic mass is 35.5. The summed E-state index contributed by atoms with van der Waals surface area (Å²) in [4.78, 5) is 25.2. The minimum atomic E-state index is -3.48. The molecule has 1 amide bonds. The summed E-state index contributed by atoms with van der Waals surface area (Å²) in [6, 6.07) is 13.4. The van der Waals surface area contributed by atoms with E-state index >= 15 is 0 Å². The van der Waals surface area contributed by atoms with Gasteiger partial charge in [-0.2, -0.15) is 0 Å². The van der Waals surface area contributed by atoms with Crippen molar-refractivity contribution in [2.24, 2.45) is 5.10 Å². The summed E-state index contributed by atoms with van der Waals surface area (Å²) >= 11 is 6.07. The summed E-state index contributed by atoms with van der Waals surface area (Å²) in [5.74, 6) is -1.40. The highest BCUT2D eigenvalue weighted by molar-refractivity contribution is 7.91. The number of hydrogen-bond donors (Lipinski definition) is 5. The first-order chi connectivity index (χ1) is 15.6. The standard InChI is InChI=1S/C21H25ClN6O4S/c1-13(19(29)12-33(2,31)32)23-18(20(30)24-21-25-27-28-26-21)10-14-6-8-15(9-7-14)16-4-3-5-17(22)11-16/h3-9,11,13,18,23,27-28H,10,12H2,1-2H3,(H2,24,25,26,30)/t13-,18-/m0/s1. The highest BCUT2D eigenvalue weighted by Gasteiger charge is 2.26. The van der Waals surface area contributed by atoms with E-state index in [-0.39, 0.29) is 12.4 Å². The molecule has 12 heteroatoms. The summed E-state index contributed by atoms with van der Waals surface area (Å²) in [6.45, 7) is 1.53. The minimum absolute atomic E-state index is 0.165. The monoisotopic (exact) mass is 492 g/mol. The van der Waals surface area contributed by atoms with E-state index < -0.39 is 39.4 Å². The Bertz CT molecular complexity index is 1150. The van der Waals surface area contributed by atoms with Crippen LogP contribution in [-0.2, 0) is 25.8 Å². The Hall–Kier alpha value is -2.99. The fourth-order valence-electron chi connectivity index (χ4n) is 3.20. The van der Waals surface area contributed by atoms with Crippen LogP contribution in [0.1, 0.15) is 12.5 Å². The SMILES string of the molecule is C[C@H](N[C@@H](Cc1ccc(-c2cccc(Cl)c2)cc1)C(=O)NC1=NNNN1)C(=O)CS(C)(=O)=O. The molecule has 0 aromatic heterocycles. The Kier molecular flexibility index (Phi) is 8.03. The molecule has 0 aliphatic carbocycles.